The Hall–Kier alpha value is -2.65. The number of aromatic nitrogens is 2. The Bertz CT molecular complexity index is 1360. The van der Waals surface area contributed by atoms with Gasteiger partial charge in [0.15, 0.2) is 5.43 Å². The van der Waals surface area contributed by atoms with Crippen molar-refractivity contribution in [2.75, 3.05) is 43.5 Å². The van der Waals surface area contributed by atoms with Gasteiger partial charge >= 0.3 is 6.18 Å². The minimum atomic E-state index is -4.69. The van der Waals surface area contributed by atoms with Crippen molar-refractivity contribution in [3.8, 4) is 11.3 Å². The van der Waals surface area contributed by atoms with Gasteiger partial charge in [-0.15, -0.1) is 6.58 Å². The molecule has 1 aromatic carbocycles. The monoisotopic (exact) mass is 560 g/mol. The van der Waals surface area contributed by atoms with Crippen molar-refractivity contribution in [3.63, 3.8) is 0 Å². The number of alkyl halides is 4. The third-order valence-electron chi connectivity index (χ3n) is 7.27. The van der Waals surface area contributed by atoms with Crippen molar-refractivity contribution >= 4 is 32.7 Å². The fourth-order valence-corrected chi connectivity index (χ4v) is 6.11. The topological polar surface area (TPSA) is 41.4 Å². The lowest BCUT2D eigenvalue weighted by atomic mass is 9.97. The fourth-order valence-electron chi connectivity index (χ4n) is 5.50. The second-order valence-electron chi connectivity index (χ2n) is 9.50. The molecule has 5 nitrogen and oxygen atoms in total. The molecule has 0 saturated carbocycles. The standard InChI is InChI=1S/C27H28BrF3N4O/c1-3-7-19-20-11-10-18(16-28)35(20)24-21(25(19)36)23(17-8-5-4-6-9-17)32-26(22(24)27(29,30)31)34-14-12-33(2)13-15-34/h3-6,8-9,18H,1,7,10-16H2,2H3. The van der Waals surface area contributed by atoms with E-state index in [0.717, 1.165) is 0 Å². The molecular weight excluding hydrogens is 533 g/mol. The minimum Gasteiger partial charge on any atom is -0.353 e. The van der Waals surface area contributed by atoms with Crippen LogP contribution >= 0.6 is 15.9 Å². The Labute approximate surface area is 216 Å². The largest absolute Gasteiger partial charge is 0.422 e. The van der Waals surface area contributed by atoms with Gasteiger partial charge in [-0.05, 0) is 26.3 Å². The van der Waals surface area contributed by atoms with Crippen LogP contribution in [0.2, 0.25) is 0 Å². The molecule has 1 unspecified atom stereocenters. The summed E-state index contributed by atoms with van der Waals surface area (Å²) in [5, 5.41) is 0.537. The zero-order valence-electron chi connectivity index (χ0n) is 20.1. The van der Waals surface area contributed by atoms with Crippen molar-refractivity contribution in [2.45, 2.75) is 31.5 Å². The maximum absolute atomic E-state index is 15.0. The predicted octanol–water partition coefficient (Wildman–Crippen LogP) is 5.44. The van der Waals surface area contributed by atoms with Gasteiger partial charge in [0.05, 0.1) is 16.6 Å². The van der Waals surface area contributed by atoms with Crippen LogP contribution in [0.25, 0.3) is 22.2 Å². The summed E-state index contributed by atoms with van der Waals surface area (Å²) in [4.78, 5) is 22.5. The van der Waals surface area contributed by atoms with E-state index in [4.69, 9.17) is 0 Å². The molecule has 0 radical (unpaired) electrons. The molecular formula is C27H28BrF3N4O. The van der Waals surface area contributed by atoms with Gasteiger partial charge in [0.1, 0.15) is 11.4 Å². The molecule has 0 aliphatic carbocycles. The van der Waals surface area contributed by atoms with E-state index in [9.17, 15) is 4.79 Å². The number of nitrogens with zero attached hydrogens (tertiary/aromatic N) is 4. The number of rotatable bonds is 5. The van der Waals surface area contributed by atoms with Gasteiger partial charge in [-0.25, -0.2) is 4.98 Å². The summed E-state index contributed by atoms with van der Waals surface area (Å²) in [6.45, 7) is 5.93. The van der Waals surface area contributed by atoms with Crippen LogP contribution in [0.15, 0.2) is 47.8 Å². The van der Waals surface area contributed by atoms with Crippen molar-refractivity contribution in [2.24, 2.45) is 0 Å². The van der Waals surface area contributed by atoms with Gasteiger partial charge in [0.2, 0.25) is 0 Å². The molecule has 2 aliphatic rings. The van der Waals surface area contributed by atoms with Crippen LogP contribution in [0.5, 0.6) is 0 Å². The highest BCUT2D eigenvalue weighted by atomic mass is 79.9. The second kappa shape index (κ2) is 9.67. The third kappa shape index (κ3) is 4.16. The van der Waals surface area contributed by atoms with Crippen LogP contribution in [-0.2, 0) is 19.0 Å². The van der Waals surface area contributed by atoms with E-state index in [1.165, 1.54) is 0 Å². The van der Waals surface area contributed by atoms with E-state index < -0.39 is 11.7 Å². The summed E-state index contributed by atoms with van der Waals surface area (Å²) >= 11 is 3.52. The maximum Gasteiger partial charge on any atom is 0.422 e. The van der Waals surface area contributed by atoms with Crippen molar-refractivity contribution in [1.82, 2.24) is 14.5 Å². The molecule has 3 aromatic rings. The van der Waals surface area contributed by atoms with E-state index in [2.05, 4.69) is 32.4 Å². The summed E-state index contributed by atoms with van der Waals surface area (Å²) < 4.78 is 46.8. The second-order valence-corrected chi connectivity index (χ2v) is 10.1. The van der Waals surface area contributed by atoms with Gasteiger partial charge < -0.3 is 14.4 Å². The smallest absolute Gasteiger partial charge is 0.353 e. The molecule has 2 aromatic heterocycles. The first-order valence-electron chi connectivity index (χ1n) is 12.1. The van der Waals surface area contributed by atoms with E-state index in [1.54, 1.807) is 27.7 Å². The Kier molecular flexibility index (Phi) is 6.72. The highest BCUT2D eigenvalue weighted by molar-refractivity contribution is 9.09. The SMILES string of the molecule is C=CCc1c2n(c3c(C(F)(F)F)c(N4CCN(C)CC4)nc(-c4ccccc4)c3c1=O)C(CBr)CC2. The zero-order chi connectivity index (χ0) is 25.6. The maximum atomic E-state index is 15.0. The Morgan fingerprint density at radius 1 is 1.17 bits per heavy atom. The van der Waals surface area contributed by atoms with E-state index in [-0.39, 0.29) is 28.2 Å². The summed E-state index contributed by atoms with van der Waals surface area (Å²) in [5.41, 5.74) is 0.893. The van der Waals surface area contributed by atoms with Crippen LogP contribution in [0.4, 0.5) is 19.0 Å². The van der Waals surface area contributed by atoms with Gasteiger partial charge in [0.25, 0.3) is 0 Å². The highest BCUT2D eigenvalue weighted by Crippen LogP contribution is 2.46. The zero-order valence-corrected chi connectivity index (χ0v) is 21.7. The predicted molar refractivity (Wildman–Crippen MR) is 141 cm³/mol. The molecule has 0 N–H and O–H groups in total. The lowest BCUT2D eigenvalue weighted by Gasteiger charge is -2.35. The molecule has 0 amide bonds. The number of benzene rings is 1. The van der Waals surface area contributed by atoms with Crippen LogP contribution in [0.3, 0.4) is 0 Å². The third-order valence-corrected chi connectivity index (χ3v) is 8.02. The first kappa shape index (κ1) is 25.0. The number of anilines is 1. The Balaban J connectivity index is 1.98. The number of likely N-dealkylation sites (N-methyl/N-ethyl adjacent to an activating group) is 1. The molecule has 36 heavy (non-hydrogen) atoms. The number of pyridine rings is 2. The van der Waals surface area contributed by atoms with Crippen molar-refractivity contribution < 1.29 is 13.2 Å². The Morgan fingerprint density at radius 3 is 2.47 bits per heavy atom. The lowest BCUT2D eigenvalue weighted by Crippen LogP contribution is -2.45. The van der Waals surface area contributed by atoms with Gasteiger partial charge in [-0.3, -0.25) is 4.79 Å². The molecule has 4 heterocycles. The van der Waals surface area contributed by atoms with Crippen LogP contribution in [0.1, 0.15) is 29.3 Å². The number of fused-ring (bicyclic) bond motifs is 3. The first-order valence-corrected chi connectivity index (χ1v) is 13.2. The summed E-state index contributed by atoms with van der Waals surface area (Å²) in [6.07, 6.45) is -1.53. The minimum absolute atomic E-state index is 0.0415. The molecule has 0 spiro atoms. The average Bonchev–Trinajstić information content (AvgIpc) is 3.30. The highest BCUT2D eigenvalue weighted by Gasteiger charge is 2.43. The van der Waals surface area contributed by atoms with Crippen molar-refractivity contribution in [1.29, 1.82) is 0 Å². The lowest BCUT2D eigenvalue weighted by molar-refractivity contribution is -0.136. The molecule has 9 heteroatoms. The fraction of sp³-hybridized carbons (Fsp3) is 0.407. The van der Waals surface area contributed by atoms with E-state index in [1.807, 2.05) is 25.2 Å². The average molecular weight is 561 g/mol. The van der Waals surface area contributed by atoms with E-state index in [0.29, 0.717) is 73.3 Å². The molecule has 0 bridgehead atoms. The van der Waals surface area contributed by atoms with Gasteiger partial charge in [0, 0.05) is 54.4 Å². The summed E-state index contributed by atoms with van der Waals surface area (Å²) in [7, 11) is 1.96. The molecule has 1 saturated heterocycles. The summed E-state index contributed by atoms with van der Waals surface area (Å²) in [5.74, 6) is -0.0900. The molecule has 1 fully saturated rings. The number of piperazine rings is 1. The van der Waals surface area contributed by atoms with Gasteiger partial charge in [-0.1, -0.05) is 52.3 Å². The quantitative estimate of drug-likeness (QED) is 0.307. The van der Waals surface area contributed by atoms with E-state index >= 15 is 13.2 Å². The Morgan fingerprint density at radius 2 is 1.86 bits per heavy atom. The summed E-state index contributed by atoms with van der Waals surface area (Å²) in [6, 6.07) is 8.87. The van der Waals surface area contributed by atoms with Crippen molar-refractivity contribution in [3.05, 3.63) is 70.0 Å². The van der Waals surface area contributed by atoms with Crippen LogP contribution < -0.4 is 10.3 Å². The van der Waals surface area contributed by atoms with Gasteiger partial charge in [-0.2, -0.15) is 13.2 Å². The molecule has 190 valence electrons. The number of hydrogen-bond acceptors (Lipinski definition) is 4. The molecule has 2 aliphatic heterocycles. The first-order chi connectivity index (χ1) is 17.3. The normalized spacial score (nSPS) is 18.6. The molecule has 1 atom stereocenters. The van der Waals surface area contributed by atoms with Crippen LogP contribution in [0, 0.1) is 0 Å². The number of allylic oxidation sites excluding steroid dienone is 1. The van der Waals surface area contributed by atoms with Crippen LogP contribution in [-0.4, -0.2) is 53.0 Å². The number of hydrogen-bond donors (Lipinski definition) is 0. The number of halogens is 4. The molecule has 5 rings (SSSR count).